The Kier molecular flexibility index (Phi) is 4.61. The first kappa shape index (κ1) is 14.1. The van der Waals surface area contributed by atoms with Gasteiger partial charge >= 0.3 is 0 Å². The molecule has 102 valence electrons. The Hall–Kier alpha value is -1.33. The number of hydrogen-bond acceptors (Lipinski definition) is 3. The molecule has 0 spiro atoms. The van der Waals surface area contributed by atoms with Gasteiger partial charge in [-0.1, -0.05) is 15.9 Å². The Labute approximate surface area is 121 Å². The number of aryl methyl sites for hydroxylation is 1. The Morgan fingerprint density at radius 1 is 1.47 bits per heavy atom. The first-order chi connectivity index (χ1) is 9.13. The van der Waals surface area contributed by atoms with Crippen LogP contribution in [-0.2, 0) is 13.0 Å². The van der Waals surface area contributed by atoms with Gasteiger partial charge in [0.05, 0.1) is 19.4 Å². The van der Waals surface area contributed by atoms with Gasteiger partial charge in [0.1, 0.15) is 5.75 Å². The number of aliphatic hydroxyl groups is 1. The summed E-state index contributed by atoms with van der Waals surface area (Å²) in [4.78, 5) is 0. The number of nitrogens with zero attached hydrogens (tertiary/aromatic N) is 2. The number of rotatable bonds is 5. The molecule has 1 unspecified atom stereocenters. The Balaban J connectivity index is 2.18. The molecule has 4 nitrogen and oxygen atoms in total. The molecule has 0 aliphatic rings. The Bertz CT molecular complexity index is 554. The van der Waals surface area contributed by atoms with Gasteiger partial charge in [-0.25, -0.2) is 0 Å². The lowest BCUT2D eigenvalue weighted by atomic mass is 10.0. The van der Waals surface area contributed by atoms with Gasteiger partial charge in [-0.2, -0.15) is 5.10 Å². The molecule has 1 heterocycles. The second-order valence-corrected chi connectivity index (χ2v) is 5.22. The van der Waals surface area contributed by atoms with E-state index in [1.54, 1.807) is 18.0 Å². The highest BCUT2D eigenvalue weighted by atomic mass is 79.9. The van der Waals surface area contributed by atoms with Crippen molar-refractivity contribution in [2.24, 2.45) is 0 Å². The van der Waals surface area contributed by atoms with E-state index in [0.29, 0.717) is 6.42 Å². The summed E-state index contributed by atoms with van der Waals surface area (Å²) in [6, 6.07) is 5.78. The molecule has 19 heavy (non-hydrogen) atoms. The van der Waals surface area contributed by atoms with Crippen LogP contribution in [0.2, 0.25) is 0 Å². The quantitative estimate of drug-likeness (QED) is 0.919. The fourth-order valence-corrected chi connectivity index (χ4v) is 2.37. The summed E-state index contributed by atoms with van der Waals surface area (Å²) in [7, 11) is 1.63. The molecule has 0 radical (unpaired) electrons. The van der Waals surface area contributed by atoms with Crippen LogP contribution >= 0.6 is 15.9 Å². The van der Waals surface area contributed by atoms with E-state index in [0.717, 1.165) is 27.9 Å². The average molecular weight is 325 g/mol. The number of hydrogen-bond donors (Lipinski definition) is 1. The third-order valence-electron chi connectivity index (χ3n) is 3.02. The zero-order valence-electron chi connectivity index (χ0n) is 11.0. The fourth-order valence-electron chi connectivity index (χ4n) is 1.96. The predicted molar refractivity (Wildman–Crippen MR) is 77.3 cm³/mol. The monoisotopic (exact) mass is 324 g/mol. The molecule has 0 saturated carbocycles. The molecule has 5 heteroatoms. The Morgan fingerprint density at radius 2 is 2.26 bits per heavy atom. The molecule has 1 aromatic heterocycles. The Morgan fingerprint density at radius 3 is 2.89 bits per heavy atom. The van der Waals surface area contributed by atoms with Crippen LogP contribution in [0.5, 0.6) is 5.75 Å². The lowest BCUT2D eigenvalue weighted by molar-refractivity contribution is 0.177. The van der Waals surface area contributed by atoms with Gasteiger partial charge in [-0.05, 0) is 30.7 Å². The largest absolute Gasteiger partial charge is 0.496 e. The zero-order chi connectivity index (χ0) is 13.8. The van der Waals surface area contributed by atoms with Gasteiger partial charge in [0.2, 0.25) is 0 Å². The van der Waals surface area contributed by atoms with Crippen LogP contribution in [0.3, 0.4) is 0 Å². The molecular formula is C14H17BrN2O2. The summed E-state index contributed by atoms with van der Waals surface area (Å²) in [5.41, 5.74) is 1.79. The van der Waals surface area contributed by atoms with E-state index in [1.165, 1.54) is 0 Å². The normalized spacial score (nSPS) is 12.4. The first-order valence-electron chi connectivity index (χ1n) is 6.17. The number of aliphatic hydroxyl groups excluding tert-OH is 1. The highest BCUT2D eigenvalue weighted by Crippen LogP contribution is 2.27. The van der Waals surface area contributed by atoms with Crippen molar-refractivity contribution < 1.29 is 9.84 Å². The molecule has 2 rings (SSSR count). The summed E-state index contributed by atoms with van der Waals surface area (Å²) in [6.45, 7) is 2.81. The van der Waals surface area contributed by atoms with E-state index in [1.807, 2.05) is 31.3 Å². The first-order valence-corrected chi connectivity index (χ1v) is 6.96. The second-order valence-electron chi connectivity index (χ2n) is 4.31. The van der Waals surface area contributed by atoms with Gasteiger partial charge in [-0.3, -0.25) is 4.68 Å². The summed E-state index contributed by atoms with van der Waals surface area (Å²) in [6.07, 6.45) is 3.50. The molecular weight excluding hydrogens is 308 g/mol. The van der Waals surface area contributed by atoms with E-state index in [9.17, 15) is 5.11 Å². The molecule has 1 N–H and O–H groups in total. The van der Waals surface area contributed by atoms with Crippen LogP contribution in [0.4, 0.5) is 0 Å². The van der Waals surface area contributed by atoms with Crippen molar-refractivity contribution in [2.45, 2.75) is 26.0 Å². The van der Waals surface area contributed by atoms with Crippen molar-refractivity contribution in [3.8, 4) is 5.75 Å². The minimum atomic E-state index is -0.580. The predicted octanol–water partition coefficient (Wildman–Crippen LogP) is 2.95. The highest BCUT2D eigenvalue weighted by molar-refractivity contribution is 9.10. The molecule has 2 aromatic rings. The van der Waals surface area contributed by atoms with Crippen molar-refractivity contribution in [2.75, 3.05) is 7.11 Å². The zero-order valence-corrected chi connectivity index (χ0v) is 12.6. The number of aromatic nitrogens is 2. The molecule has 0 bridgehead atoms. The molecule has 0 saturated heterocycles. The van der Waals surface area contributed by atoms with Gasteiger partial charge in [0.25, 0.3) is 0 Å². The van der Waals surface area contributed by atoms with E-state index < -0.39 is 6.10 Å². The molecule has 0 aliphatic heterocycles. The standard InChI is InChI=1S/C14H17BrN2O2/c1-3-17-9-11(8-16-17)13(18)7-10-6-12(15)4-5-14(10)19-2/h4-6,8-9,13,18H,3,7H2,1-2H3. The van der Waals surface area contributed by atoms with E-state index in [-0.39, 0.29) is 0 Å². The lowest BCUT2D eigenvalue weighted by Gasteiger charge is -2.12. The third kappa shape index (κ3) is 3.36. The summed E-state index contributed by atoms with van der Waals surface area (Å²) >= 11 is 3.43. The number of ether oxygens (including phenoxy) is 1. The number of halogens is 1. The van der Waals surface area contributed by atoms with E-state index in [4.69, 9.17) is 4.74 Å². The summed E-state index contributed by atoms with van der Waals surface area (Å²) in [5.74, 6) is 0.783. The van der Waals surface area contributed by atoms with Gasteiger partial charge < -0.3 is 9.84 Å². The van der Waals surface area contributed by atoms with Crippen molar-refractivity contribution in [3.63, 3.8) is 0 Å². The van der Waals surface area contributed by atoms with Crippen molar-refractivity contribution in [1.82, 2.24) is 9.78 Å². The van der Waals surface area contributed by atoms with Crippen LogP contribution in [0.15, 0.2) is 35.1 Å². The maximum absolute atomic E-state index is 10.3. The average Bonchev–Trinajstić information content (AvgIpc) is 2.88. The van der Waals surface area contributed by atoms with Gasteiger partial charge in [0.15, 0.2) is 0 Å². The van der Waals surface area contributed by atoms with Crippen LogP contribution in [0.1, 0.15) is 24.2 Å². The van der Waals surface area contributed by atoms with Gasteiger partial charge in [-0.15, -0.1) is 0 Å². The smallest absolute Gasteiger partial charge is 0.122 e. The number of benzene rings is 1. The van der Waals surface area contributed by atoms with E-state index in [2.05, 4.69) is 21.0 Å². The maximum Gasteiger partial charge on any atom is 0.122 e. The molecule has 1 atom stereocenters. The van der Waals surface area contributed by atoms with Crippen molar-refractivity contribution in [3.05, 3.63) is 46.2 Å². The van der Waals surface area contributed by atoms with Gasteiger partial charge in [0, 0.05) is 29.2 Å². The van der Waals surface area contributed by atoms with Crippen molar-refractivity contribution in [1.29, 1.82) is 0 Å². The minimum Gasteiger partial charge on any atom is -0.496 e. The molecule has 0 aliphatic carbocycles. The summed E-state index contributed by atoms with van der Waals surface area (Å²) < 4.78 is 8.08. The second kappa shape index (κ2) is 6.21. The van der Waals surface area contributed by atoms with Crippen LogP contribution < -0.4 is 4.74 Å². The highest BCUT2D eigenvalue weighted by Gasteiger charge is 2.14. The maximum atomic E-state index is 10.3. The van der Waals surface area contributed by atoms with Crippen LogP contribution in [-0.4, -0.2) is 22.0 Å². The minimum absolute atomic E-state index is 0.498. The van der Waals surface area contributed by atoms with Crippen molar-refractivity contribution >= 4 is 15.9 Å². The number of methoxy groups -OCH3 is 1. The molecule has 0 amide bonds. The topological polar surface area (TPSA) is 47.3 Å². The lowest BCUT2D eigenvalue weighted by Crippen LogP contribution is -2.03. The van der Waals surface area contributed by atoms with E-state index >= 15 is 0 Å². The molecule has 1 aromatic carbocycles. The SMILES string of the molecule is CCn1cc(C(O)Cc2cc(Br)ccc2OC)cn1. The fraction of sp³-hybridized carbons (Fsp3) is 0.357. The molecule has 0 fully saturated rings. The van der Waals surface area contributed by atoms with Crippen LogP contribution in [0.25, 0.3) is 0 Å². The summed E-state index contributed by atoms with van der Waals surface area (Å²) in [5, 5.41) is 14.4. The van der Waals surface area contributed by atoms with Crippen LogP contribution in [0, 0.1) is 0 Å². The third-order valence-corrected chi connectivity index (χ3v) is 3.51.